The summed E-state index contributed by atoms with van der Waals surface area (Å²) < 4.78 is 0. The van der Waals surface area contributed by atoms with E-state index in [0.717, 1.165) is 16.8 Å². The zero-order valence-electron chi connectivity index (χ0n) is 11.1. The molecule has 18 heavy (non-hydrogen) atoms. The molecule has 4 heteroatoms. The lowest BCUT2D eigenvalue weighted by Crippen LogP contribution is -2.31. The molecule has 3 N–H and O–H groups in total. The first-order valence-corrected chi connectivity index (χ1v) is 6.45. The number of nitrogens with zero attached hydrogens (tertiary/aromatic N) is 2. The highest BCUT2D eigenvalue weighted by molar-refractivity contribution is 6.02. The molecule has 0 aromatic heterocycles. The van der Waals surface area contributed by atoms with Crippen LogP contribution in [0.25, 0.3) is 0 Å². The molecule has 0 unspecified atom stereocenters. The summed E-state index contributed by atoms with van der Waals surface area (Å²) in [6.45, 7) is 2.01. The van der Waals surface area contributed by atoms with Crippen molar-refractivity contribution >= 4 is 11.5 Å². The van der Waals surface area contributed by atoms with Gasteiger partial charge in [0.25, 0.3) is 0 Å². The van der Waals surface area contributed by atoms with E-state index in [4.69, 9.17) is 10.9 Å². The second kappa shape index (κ2) is 5.29. The summed E-state index contributed by atoms with van der Waals surface area (Å²) in [5, 5.41) is 12.0. The van der Waals surface area contributed by atoms with E-state index in [2.05, 4.69) is 29.2 Å². The van der Waals surface area contributed by atoms with E-state index in [1.807, 2.05) is 13.0 Å². The van der Waals surface area contributed by atoms with Crippen molar-refractivity contribution in [1.29, 1.82) is 0 Å². The molecule has 4 nitrogen and oxygen atoms in total. The molecule has 0 aliphatic heterocycles. The van der Waals surface area contributed by atoms with Crippen LogP contribution >= 0.6 is 0 Å². The fraction of sp³-hybridized carbons (Fsp3) is 0.500. The molecule has 0 heterocycles. The fourth-order valence-electron chi connectivity index (χ4n) is 2.70. The van der Waals surface area contributed by atoms with Gasteiger partial charge in [-0.3, -0.25) is 0 Å². The van der Waals surface area contributed by atoms with Crippen molar-refractivity contribution < 1.29 is 5.21 Å². The van der Waals surface area contributed by atoms with Gasteiger partial charge in [-0.05, 0) is 31.9 Å². The number of nitrogens with two attached hydrogens (primary N) is 1. The minimum atomic E-state index is 0.179. The molecular weight excluding hydrogens is 226 g/mol. The third-order valence-corrected chi connectivity index (χ3v) is 3.79. The third kappa shape index (κ3) is 2.42. The van der Waals surface area contributed by atoms with E-state index in [0.29, 0.717) is 6.04 Å². The van der Waals surface area contributed by atoms with E-state index in [9.17, 15) is 0 Å². The summed E-state index contributed by atoms with van der Waals surface area (Å²) in [7, 11) is 2.09. The first-order chi connectivity index (χ1) is 8.63. The van der Waals surface area contributed by atoms with Gasteiger partial charge in [0.2, 0.25) is 0 Å². The van der Waals surface area contributed by atoms with Crippen LogP contribution < -0.4 is 10.6 Å². The smallest absolute Gasteiger partial charge is 0.172 e. The second-order valence-electron chi connectivity index (χ2n) is 5.06. The van der Waals surface area contributed by atoms with Crippen LogP contribution in [0, 0.1) is 6.92 Å². The van der Waals surface area contributed by atoms with Gasteiger partial charge in [0.15, 0.2) is 5.84 Å². The Hall–Kier alpha value is -1.71. The average molecular weight is 247 g/mol. The maximum absolute atomic E-state index is 8.90. The number of hydrogen-bond donors (Lipinski definition) is 2. The number of anilines is 1. The van der Waals surface area contributed by atoms with Crippen molar-refractivity contribution in [3.05, 3.63) is 29.3 Å². The van der Waals surface area contributed by atoms with E-state index in [-0.39, 0.29) is 5.84 Å². The quantitative estimate of drug-likeness (QED) is 0.373. The van der Waals surface area contributed by atoms with Crippen molar-refractivity contribution in [3.8, 4) is 0 Å². The lowest BCUT2D eigenvalue weighted by molar-refractivity contribution is 0.318. The second-order valence-corrected chi connectivity index (χ2v) is 5.06. The topological polar surface area (TPSA) is 61.8 Å². The predicted octanol–water partition coefficient (Wildman–Crippen LogP) is 2.47. The first kappa shape index (κ1) is 12.7. The maximum atomic E-state index is 8.90. The highest BCUT2D eigenvalue weighted by atomic mass is 16.4. The van der Waals surface area contributed by atoms with Crippen LogP contribution in [0.4, 0.5) is 5.69 Å². The minimum Gasteiger partial charge on any atom is -0.409 e. The van der Waals surface area contributed by atoms with E-state index >= 15 is 0 Å². The minimum absolute atomic E-state index is 0.179. The Balaban J connectivity index is 2.36. The highest BCUT2D eigenvalue weighted by Crippen LogP contribution is 2.29. The van der Waals surface area contributed by atoms with Gasteiger partial charge >= 0.3 is 0 Å². The fourth-order valence-corrected chi connectivity index (χ4v) is 2.70. The predicted molar refractivity (Wildman–Crippen MR) is 74.3 cm³/mol. The highest BCUT2D eigenvalue weighted by Gasteiger charge is 2.22. The molecule has 1 fully saturated rings. The summed E-state index contributed by atoms with van der Waals surface area (Å²) in [5.41, 5.74) is 8.74. The maximum Gasteiger partial charge on any atom is 0.172 e. The summed E-state index contributed by atoms with van der Waals surface area (Å²) in [6, 6.07) is 6.66. The molecule has 98 valence electrons. The number of aryl methyl sites for hydroxylation is 1. The number of amidine groups is 1. The van der Waals surface area contributed by atoms with Gasteiger partial charge in [-0.15, -0.1) is 0 Å². The molecule has 1 aromatic rings. The average Bonchev–Trinajstić information content (AvgIpc) is 2.90. The molecular formula is C14H21N3O. The molecule has 0 amide bonds. The van der Waals surface area contributed by atoms with Gasteiger partial charge in [0.1, 0.15) is 0 Å². The van der Waals surface area contributed by atoms with Gasteiger partial charge in [-0.2, -0.15) is 0 Å². The van der Waals surface area contributed by atoms with E-state index in [1.54, 1.807) is 0 Å². The Bertz CT molecular complexity index is 450. The van der Waals surface area contributed by atoms with Gasteiger partial charge in [-0.25, -0.2) is 0 Å². The number of hydrogen-bond acceptors (Lipinski definition) is 3. The van der Waals surface area contributed by atoms with Gasteiger partial charge < -0.3 is 15.8 Å². The van der Waals surface area contributed by atoms with Gasteiger partial charge in [0, 0.05) is 24.3 Å². The molecule has 0 saturated heterocycles. The molecule has 0 bridgehead atoms. The first-order valence-electron chi connectivity index (χ1n) is 6.45. The molecule has 2 rings (SSSR count). The third-order valence-electron chi connectivity index (χ3n) is 3.79. The zero-order valence-corrected chi connectivity index (χ0v) is 11.1. The van der Waals surface area contributed by atoms with Crippen molar-refractivity contribution in [2.24, 2.45) is 10.9 Å². The zero-order chi connectivity index (χ0) is 13.1. The Kier molecular flexibility index (Phi) is 3.75. The molecule has 1 aliphatic carbocycles. The molecule has 0 radical (unpaired) electrons. The summed E-state index contributed by atoms with van der Waals surface area (Å²) in [5.74, 6) is 0.179. The van der Waals surface area contributed by atoms with Crippen molar-refractivity contribution in [3.63, 3.8) is 0 Å². The molecule has 0 spiro atoms. The molecule has 1 aliphatic rings. The Labute approximate surface area is 108 Å². The number of oxime groups is 1. The van der Waals surface area contributed by atoms with Crippen LogP contribution in [0.2, 0.25) is 0 Å². The number of rotatable bonds is 3. The van der Waals surface area contributed by atoms with Crippen LogP contribution in [0.1, 0.15) is 36.8 Å². The summed E-state index contributed by atoms with van der Waals surface area (Å²) >= 11 is 0. The van der Waals surface area contributed by atoms with Crippen LogP contribution in [0.15, 0.2) is 23.4 Å². The number of benzene rings is 1. The van der Waals surface area contributed by atoms with Crippen LogP contribution in [0.3, 0.4) is 0 Å². The molecule has 1 saturated carbocycles. The lowest BCUT2D eigenvalue weighted by atomic mass is 10.1. The van der Waals surface area contributed by atoms with Gasteiger partial charge in [0.05, 0.1) is 0 Å². The van der Waals surface area contributed by atoms with Crippen LogP contribution in [-0.2, 0) is 0 Å². The Morgan fingerprint density at radius 2 is 2.06 bits per heavy atom. The van der Waals surface area contributed by atoms with Crippen LogP contribution in [0.5, 0.6) is 0 Å². The standard InChI is InChI=1S/C14H21N3O/c1-10-7-8-13(12(9-10)14(15)16-18)17(2)11-5-3-4-6-11/h7-9,11,18H,3-6H2,1-2H3,(H2,15,16). The lowest BCUT2D eigenvalue weighted by Gasteiger charge is -2.28. The Morgan fingerprint density at radius 3 is 2.67 bits per heavy atom. The van der Waals surface area contributed by atoms with Crippen molar-refractivity contribution in [2.75, 3.05) is 11.9 Å². The molecule has 0 atom stereocenters. The largest absolute Gasteiger partial charge is 0.409 e. The van der Waals surface area contributed by atoms with E-state index in [1.165, 1.54) is 25.7 Å². The molecule has 1 aromatic carbocycles. The van der Waals surface area contributed by atoms with Crippen LogP contribution in [-0.4, -0.2) is 24.1 Å². The monoisotopic (exact) mass is 247 g/mol. The Morgan fingerprint density at radius 1 is 1.39 bits per heavy atom. The van der Waals surface area contributed by atoms with E-state index < -0.39 is 0 Å². The summed E-state index contributed by atoms with van der Waals surface area (Å²) in [4.78, 5) is 2.26. The SMILES string of the molecule is Cc1ccc(N(C)C2CCCC2)c(/C(N)=N/O)c1. The van der Waals surface area contributed by atoms with Gasteiger partial charge in [-0.1, -0.05) is 29.6 Å². The van der Waals surface area contributed by atoms with Crippen molar-refractivity contribution in [2.45, 2.75) is 38.6 Å². The summed E-state index contributed by atoms with van der Waals surface area (Å²) in [6.07, 6.45) is 5.03. The normalized spacial score (nSPS) is 17.1. The van der Waals surface area contributed by atoms with Crippen molar-refractivity contribution in [1.82, 2.24) is 0 Å².